The summed E-state index contributed by atoms with van der Waals surface area (Å²) in [4.78, 5) is 14.7. The maximum atomic E-state index is 12.7. The lowest BCUT2D eigenvalue weighted by molar-refractivity contribution is -0.131. The summed E-state index contributed by atoms with van der Waals surface area (Å²) in [7, 11) is 5.19. The van der Waals surface area contributed by atoms with E-state index in [1.165, 1.54) is 12.8 Å². The minimum atomic E-state index is 0. The number of hydrogen-bond donors (Lipinski definition) is 1. The zero-order valence-corrected chi connectivity index (χ0v) is 15.4. The van der Waals surface area contributed by atoms with Crippen molar-refractivity contribution in [1.29, 1.82) is 0 Å². The molecule has 1 N–H and O–H groups in total. The molecule has 1 aromatic carbocycles. The molecule has 0 aliphatic carbocycles. The second-order valence-electron chi connectivity index (χ2n) is 6.62. The smallest absolute Gasteiger partial charge is 0.227 e. The Bertz CT molecular complexity index is 569. The molecule has 2 saturated heterocycles. The number of nitrogens with zero attached hydrogens (tertiary/aromatic N) is 1. The van der Waals surface area contributed by atoms with Gasteiger partial charge in [-0.05, 0) is 43.9 Å². The number of nitrogens with one attached hydrogen (secondary N) is 1. The van der Waals surface area contributed by atoms with Gasteiger partial charge in [0.1, 0.15) is 11.5 Å². The van der Waals surface area contributed by atoms with Gasteiger partial charge in [-0.1, -0.05) is 0 Å². The molecule has 0 aromatic heterocycles. The van der Waals surface area contributed by atoms with E-state index in [2.05, 4.69) is 5.32 Å². The summed E-state index contributed by atoms with van der Waals surface area (Å²) in [5, 5.41) is 3.62. The molecule has 0 saturated carbocycles. The number of amides is 1. The number of methoxy groups -OCH3 is 2. The van der Waals surface area contributed by atoms with E-state index in [9.17, 15) is 4.79 Å². The molecule has 134 valence electrons. The molecule has 2 aliphatic heterocycles. The summed E-state index contributed by atoms with van der Waals surface area (Å²) in [5.41, 5.74) is 0.876. The van der Waals surface area contributed by atoms with Crippen molar-refractivity contribution in [1.82, 2.24) is 10.2 Å². The molecular formula is C18H27ClN2O3. The molecule has 2 aliphatic rings. The lowest BCUT2D eigenvalue weighted by Crippen LogP contribution is -2.49. The Morgan fingerprint density at radius 3 is 2.46 bits per heavy atom. The van der Waals surface area contributed by atoms with E-state index in [4.69, 9.17) is 9.47 Å². The molecule has 1 amide bonds. The van der Waals surface area contributed by atoms with Gasteiger partial charge in [-0.3, -0.25) is 4.79 Å². The van der Waals surface area contributed by atoms with E-state index in [0.29, 0.717) is 24.5 Å². The lowest BCUT2D eigenvalue weighted by Gasteiger charge is -2.35. The first-order valence-corrected chi connectivity index (χ1v) is 8.33. The van der Waals surface area contributed by atoms with Crippen LogP contribution in [0.2, 0.25) is 0 Å². The summed E-state index contributed by atoms with van der Waals surface area (Å²) in [6.07, 6.45) is 4.96. The topological polar surface area (TPSA) is 50.8 Å². The highest BCUT2D eigenvalue weighted by atomic mass is 35.5. The van der Waals surface area contributed by atoms with Crippen molar-refractivity contribution in [2.45, 2.75) is 50.2 Å². The van der Waals surface area contributed by atoms with Crippen molar-refractivity contribution in [3.8, 4) is 11.5 Å². The maximum Gasteiger partial charge on any atom is 0.227 e. The summed E-state index contributed by atoms with van der Waals surface area (Å²) >= 11 is 0. The van der Waals surface area contributed by atoms with Gasteiger partial charge in [0.25, 0.3) is 0 Å². The van der Waals surface area contributed by atoms with Crippen molar-refractivity contribution in [2.75, 3.05) is 21.3 Å². The van der Waals surface area contributed by atoms with E-state index in [1.807, 2.05) is 30.1 Å². The first-order chi connectivity index (χ1) is 11.1. The summed E-state index contributed by atoms with van der Waals surface area (Å²) in [6.45, 7) is 0. The standard InChI is InChI=1S/C18H26N2O3.ClH/c1-20(15-10-13-4-5-14(11-15)19-13)18(21)9-12-8-16(22-2)6-7-17(12)23-3;/h6-8,13-15,19H,4-5,9-11H2,1-3H3;1H. The van der Waals surface area contributed by atoms with Crippen LogP contribution in [0.1, 0.15) is 31.2 Å². The molecule has 2 heterocycles. The molecule has 2 unspecified atom stereocenters. The molecule has 6 heteroatoms. The van der Waals surface area contributed by atoms with Crippen molar-refractivity contribution < 1.29 is 14.3 Å². The fraction of sp³-hybridized carbons (Fsp3) is 0.611. The van der Waals surface area contributed by atoms with Gasteiger partial charge in [0.15, 0.2) is 0 Å². The third-order valence-electron chi connectivity index (χ3n) is 5.22. The lowest BCUT2D eigenvalue weighted by atomic mass is 9.98. The van der Waals surface area contributed by atoms with Crippen molar-refractivity contribution >= 4 is 18.3 Å². The Hall–Kier alpha value is -1.46. The molecule has 1 aromatic rings. The van der Waals surface area contributed by atoms with Gasteiger partial charge in [-0.25, -0.2) is 0 Å². The molecule has 2 fully saturated rings. The SMILES string of the molecule is COc1ccc(OC)c(CC(=O)N(C)C2CC3CCC(C2)N3)c1.Cl. The Kier molecular flexibility index (Phi) is 6.35. The highest BCUT2D eigenvalue weighted by molar-refractivity contribution is 5.85. The number of hydrogen-bond acceptors (Lipinski definition) is 4. The van der Waals surface area contributed by atoms with E-state index in [-0.39, 0.29) is 18.3 Å². The second kappa shape index (κ2) is 8.08. The first kappa shape index (κ1) is 18.9. The normalized spacial score (nSPS) is 24.9. The van der Waals surface area contributed by atoms with Gasteiger partial charge >= 0.3 is 0 Å². The number of carbonyl (C=O) groups excluding carboxylic acids is 1. The number of benzene rings is 1. The molecule has 2 atom stereocenters. The number of rotatable bonds is 5. The first-order valence-electron chi connectivity index (χ1n) is 8.33. The Balaban J connectivity index is 0.00000208. The van der Waals surface area contributed by atoms with E-state index < -0.39 is 0 Å². The third-order valence-corrected chi connectivity index (χ3v) is 5.22. The summed E-state index contributed by atoms with van der Waals surface area (Å²) in [6, 6.07) is 7.10. The molecule has 24 heavy (non-hydrogen) atoms. The van der Waals surface area contributed by atoms with E-state index >= 15 is 0 Å². The van der Waals surface area contributed by atoms with Crippen LogP contribution < -0.4 is 14.8 Å². The Labute approximate surface area is 150 Å². The fourth-order valence-electron chi connectivity index (χ4n) is 3.85. The van der Waals surface area contributed by atoms with E-state index in [0.717, 1.165) is 29.9 Å². The van der Waals surface area contributed by atoms with E-state index in [1.54, 1.807) is 14.2 Å². The van der Waals surface area contributed by atoms with Crippen LogP contribution in [0.25, 0.3) is 0 Å². The van der Waals surface area contributed by atoms with Crippen LogP contribution in [0.4, 0.5) is 0 Å². The van der Waals surface area contributed by atoms with Gasteiger partial charge in [-0.2, -0.15) is 0 Å². The summed E-state index contributed by atoms with van der Waals surface area (Å²) < 4.78 is 10.6. The van der Waals surface area contributed by atoms with Crippen LogP contribution in [0.3, 0.4) is 0 Å². The number of carbonyl (C=O) groups is 1. The number of fused-ring (bicyclic) bond motifs is 2. The van der Waals surface area contributed by atoms with Crippen molar-refractivity contribution in [3.63, 3.8) is 0 Å². The van der Waals surface area contributed by atoms with Crippen molar-refractivity contribution in [3.05, 3.63) is 23.8 Å². The predicted molar refractivity (Wildman–Crippen MR) is 96.2 cm³/mol. The minimum absolute atomic E-state index is 0. The van der Waals surface area contributed by atoms with Crippen LogP contribution >= 0.6 is 12.4 Å². The largest absolute Gasteiger partial charge is 0.497 e. The van der Waals surface area contributed by atoms with Crippen LogP contribution in [0.5, 0.6) is 11.5 Å². The number of halogens is 1. The molecule has 2 bridgehead atoms. The third kappa shape index (κ3) is 3.95. The summed E-state index contributed by atoms with van der Waals surface area (Å²) in [5.74, 6) is 1.62. The maximum absolute atomic E-state index is 12.7. The van der Waals surface area contributed by atoms with Gasteiger partial charge in [0.05, 0.1) is 20.6 Å². The van der Waals surface area contributed by atoms with Gasteiger partial charge in [-0.15, -0.1) is 12.4 Å². The fourth-order valence-corrected chi connectivity index (χ4v) is 3.85. The highest BCUT2D eigenvalue weighted by Crippen LogP contribution is 2.30. The van der Waals surface area contributed by atoms with Gasteiger partial charge in [0, 0.05) is 30.7 Å². The van der Waals surface area contributed by atoms with Gasteiger partial charge in [0.2, 0.25) is 5.91 Å². The van der Waals surface area contributed by atoms with Crippen LogP contribution in [0.15, 0.2) is 18.2 Å². The highest BCUT2D eigenvalue weighted by Gasteiger charge is 2.36. The Morgan fingerprint density at radius 1 is 1.21 bits per heavy atom. The number of piperidine rings is 1. The number of likely N-dealkylation sites (N-methyl/N-ethyl adjacent to an activating group) is 1. The quantitative estimate of drug-likeness (QED) is 0.882. The average molecular weight is 355 g/mol. The van der Waals surface area contributed by atoms with Crippen LogP contribution in [0, 0.1) is 0 Å². The minimum Gasteiger partial charge on any atom is -0.497 e. The van der Waals surface area contributed by atoms with Gasteiger partial charge < -0.3 is 19.7 Å². The predicted octanol–water partition coefficient (Wildman–Crippen LogP) is 2.41. The zero-order valence-electron chi connectivity index (χ0n) is 14.6. The monoisotopic (exact) mass is 354 g/mol. The molecule has 5 nitrogen and oxygen atoms in total. The molecule has 0 spiro atoms. The second-order valence-corrected chi connectivity index (χ2v) is 6.62. The molecular weight excluding hydrogens is 328 g/mol. The van der Waals surface area contributed by atoms with Crippen LogP contribution in [-0.4, -0.2) is 50.2 Å². The Morgan fingerprint density at radius 2 is 1.88 bits per heavy atom. The molecule has 3 rings (SSSR count). The average Bonchev–Trinajstić information content (AvgIpc) is 2.91. The van der Waals surface area contributed by atoms with Crippen molar-refractivity contribution in [2.24, 2.45) is 0 Å². The number of ether oxygens (including phenoxy) is 2. The zero-order chi connectivity index (χ0) is 16.4. The molecule has 0 radical (unpaired) electrons. The van der Waals surface area contributed by atoms with Crippen LogP contribution in [-0.2, 0) is 11.2 Å².